The molecule has 3 rings (SSSR count). The number of rotatable bonds is 6. The summed E-state index contributed by atoms with van der Waals surface area (Å²) < 4.78 is 0. The van der Waals surface area contributed by atoms with E-state index < -0.39 is 0 Å². The molecule has 1 aromatic carbocycles. The summed E-state index contributed by atoms with van der Waals surface area (Å²) in [5.41, 5.74) is 3.04. The summed E-state index contributed by atoms with van der Waals surface area (Å²) in [7, 11) is 1.84. The summed E-state index contributed by atoms with van der Waals surface area (Å²) in [6, 6.07) is 10.5. The van der Waals surface area contributed by atoms with Crippen molar-refractivity contribution in [2.75, 3.05) is 49.6 Å². The van der Waals surface area contributed by atoms with Crippen LogP contribution in [0.4, 0.5) is 11.5 Å². The number of piperazine rings is 1. The Bertz CT molecular complexity index is 814. The molecule has 2 heterocycles. The number of nitrogens with zero attached hydrogens (tertiary/aromatic N) is 5. The van der Waals surface area contributed by atoms with E-state index >= 15 is 0 Å². The molecule has 0 radical (unpaired) electrons. The number of carbonyl (C=O) groups excluding carboxylic acids is 1. The summed E-state index contributed by atoms with van der Waals surface area (Å²) in [5.74, 6) is 1.47. The van der Waals surface area contributed by atoms with Crippen molar-refractivity contribution in [2.24, 2.45) is 0 Å². The monoisotopic (exact) mass is 381 g/mol. The molecule has 28 heavy (non-hydrogen) atoms. The highest BCUT2D eigenvalue weighted by atomic mass is 16.2. The smallest absolute Gasteiger partial charge is 0.272 e. The van der Waals surface area contributed by atoms with Crippen molar-refractivity contribution in [3.63, 3.8) is 0 Å². The van der Waals surface area contributed by atoms with E-state index in [0.717, 1.165) is 51.4 Å². The number of amides is 1. The molecule has 1 amide bonds. The normalized spacial score (nSPS) is 14.3. The predicted molar refractivity (Wildman–Crippen MR) is 114 cm³/mol. The number of aryl methyl sites for hydroxylation is 2. The van der Waals surface area contributed by atoms with Crippen LogP contribution in [0.5, 0.6) is 0 Å². The fourth-order valence-electron chi connectivity index (χ4n) is 3.53. The number of anilines is 2. The zero-order valence-corrected chi connectivity index (χ0v) is 17.5. The SMILES string of the molecule is CCCCN(C)C(=O)c1cc(N2CCN(c3cccc(C)c3)CC2)nc(C)n1. The Morgan fingerprint density at radius 2 is 1.79 bits per heavy atom. The van der Waals surface area contributed by atoms with Crippen LogP contribution >= 0.6 is 0 Å². The largest absolute Gasteiger partial charge is 0.368 e. The molecular formula is C22H31N5O. The van der Waals surface area contributed by atoms with E-state index in [9.17, 15) is 4.79 Å². The second kappa shape index (κ2) is 9.04. The minimum atomic E-state index is -0.0291. The van der Waals surface area contributed by atoms with E-state index in [0.29, 0.717) is 11.5 Å². The van der Waals surface area contributed by atoms with Gasteiger partial charge in [-0.3, -0.25) is 4.79 Å². The predicted octanol–water partition coefficient (Wildman–Crippen LogP) is 3.29. The third kappa shape index (κ3) is 4.80. The molecule has 0 atom stereocenters. The van der Waals surface area contributed by atoms with Crippen LogP contribution in [-0.2, 0) is 0 Å². The quantitative estimate of drug-likeness (QED) is 0.768. The van der Waals surface area contributed by atoms with Crippen LogP contribution in [0.2, 0.25) is 0 Å². The lowest BCUT2D eigenvalue weighted by Gasteiger charge is -2.37. The number of benzene rings is 1. The zero-order chi connectivity index (χ0) is 20.1. The van der Waals surface area contributed by atoms with Crippen molar-refractivity contribution in [2.45, 2.75) is 33.6 Å². The molecule has 0 N–H and O–H groups in total. The molecule has 1 saturated heterocycles. The van der Waals surface area contributed by atoms with Gasteiger partial charge in [-0.05, 0) is 38.0 Å². The van der Waals surface area contributed by atoms with E-state index in [1.165, 1.54) is 11.3 Å². The first-order valence-electron chi connectivity index (χ1n) is 10.2. The van der Waals surface area contributed by atoms with E-state index in [4.69, 9.17) is 0 Å². The summed E-state index contributed by atoms with van der Waals surface area (Å²) in [6.45, 7) is 10.5. The average molecular weight is 382 g/mol. The first-order chi connectivity index (χ1) is 13.5. The maximum atomic E-state index is 12.7. The Labute approximate surface area is 168 Å². The van der Waals surface area contributed by atoms with Crippen molar-refractivity contribution in [3.05, 3.63) is 47.4 Å². The van der Waals surface area contributed by atoms with Crippen LogP contribution in [0.15, 0.2) is 30.3 Å². The summed E-state index contributed by atoms with van der Waals surface area (Å²) >= 11 is 0. The highest BCUT2D eigenvalue weighted by molar-refractivity contribution is 5.92. The van der Waals surface area contributed by atoms with Gasteiger partial charge >= 0.3 is 0 Å². The molecular weight excluding hydrogens is 350 g/mol. The number of aromatic nitrogens is 2. The van der Waals surface area contributed by atoms with Gasteiger partial charge in [0.05, 0.1) is 0 Å². The second-order valence-corrected chi connectivity index (χ2v) is 7.55. The standard InChI is InChI=1S/C22H31N5O/c1-5-6-10-25(4)22(28)20-16-21(24-18(3)23-20)27-13-11-26(12-14-27)19-9-7-8-17(2)15-19/h7-9,15-16H,5-6,10-14H2,1-4H3. The third-order valence-corrected chi connectivity index (χ3v) is 5.21. The number of carbonyl (C=O) groups is 1. The lowest BCUT2D eigenvalue weighted by molar-refractivity contribution is 0.0787. The summed E-state index contributed by atoms with van der Waals surface area (Å²) in [4.78, 5) is 28.1. The van der Waals surface area contributed by atoms with E-state index in [-0.39, 0.29) is 5.91 Å². The Morgan fingerprint density at radius 3 is 2.46 bits per heavy atom. The van der Waals surface area contributed by atoms with Crippen LogP contribution < -0.4 is 9.80 Å². The van der Waals surface area contributed by atoms with Crippen LogP contribution in [0.3, 0.4) is 0 Å². The molecule has 1 aromatic heterocycles. The summed E-state index contributed by atoms with van der Waals surface area (Å²) in [6.07, 6.45) is 2.07. The van der Waals surface area contributed by atoms with Gasteiger partial charge < -0.3 is 14.7 Å². The Balaban J connectivity index is 1.69. The first kappa shape index (κ1) is 20.1. The second-order valence-electron chi connectivity index (χ2n) is 7.55. The molecule has 150 valence electrons. The van der Waals surface area contributed by atoms with E-state index in [1.54, 1.807) is 4.90 Å². The fourth-order valence-corrected chi connectivity index (χ4v) is 3.53. The minimum absolute atomic E-state index is 0.0291. The highest BCUT2D eigenvalue weighted by Crippen LogP contribution is 2.21. The van der Waals surface area contributed by atoms with Gasteiger partial charge in [-0.25, -0.2) is 9.97 Å². The van der Waals surface area contributed by atoms with Crippen molar-refractivity contribution in [1.82, 2.24) is 14.9 Å². The van der Waals surface area contributed by atoms with Gasteiger partial charge in [-0.2, -0.15) is 0 Å². The molecule has 6 nitrogen and oxygen atoms in total. The molecule has 6 heteroatoms. The van der Waals surface area contributed by atoms with Gasteiger partial charge in [0.1, 0.15) is 17.3 Å². The van der Waals surface area contributed by atoms with Crippen molar-refractivity contribution >= 4 is 17.4 Å². The van der Waals surface area contributed by atoms with Gasteiger partial charge in [0.15, 0.2) is 0 Å². The van der Waals surface area contributed by atoms with Gasteiger partial charge in [-0.15, -0.1) is 0 Å². The first-order valence-corrected chi connectivity index (χ1v) is 10.2. The van der Waals surface area contributed by atoms with Crippen LogP contribution in [0.25, 0.3) is 0 Å². The van der Waals surface area contributed by atoms with Gasteiger partial charge in [0.2, 0.25) is 0 Å². The molecule has 1 aliphatic heterocycles. The van der Waals surface area contributed by atoms with E-state index in [2.05, 4.69) is 57.9 Å². The molecule has 0 bridgehead atoms. The number of unbranched alkanes of at least 4 members (excludes halogenated alkanes) is 1. The molecule has 1 fully saturated rings. The Hall–Kier alpha value is -2.63. The third-order valence-electron chi connectivity index (χ3n) is 5.21. The maximum absolute atomic E-state index is 12.7. The van der Waals surface area contributed by atoms with Crippen molar-refractivity contribution in [3.8, 4) is 0 Å². The van der Waals surface area contributed by atoms with Crippen LogP contribution in [0, 0.1) is 13.8 Å². The highest BCUT2D eigenvalue weighted by Gasteiger charge is 2.21. The maximum Gasteiger partial charge on any atom is 0.272 e. The van der Waals surface area contributed by atoms with Crippen LogP contribution in [-0.4, -0.2) is 60.5 Å². The molecule has 0 unspecified atom stereocenters. The van der Waals surface area contributed by atoms with Crippen molar-refractivity contribution < 1.29 is 4.79 Å². The number of hydrogen-bond acceptors (Lipinski definition) is 5. The van der Waals surface area contributed by atoms with Gasteiger partial charge in [-0.1, -0.05) is 25.5 Å². The Morgan fingerprint density at radius 1 is 1.07 bits per heavy atom. The molecule has 0 saturated carbocycles. The zero-order valence-electron chi connectivity index (χ0n) is 17.5. The van der Waals surface area contributed by atoms with Crippen LogP contribution in [0.1, 0.15) is 41.6 Å². The Kier molecular flexibility index (Phi) is 6.49. The number of hydrogen-bond donors (Lipinski definition) is 0. The molecule has 0 spiro atoms. The lowest BCUT2D eigenvalue weighted by atomic mass is 10.2. The van der Waals surface area contributed by atoms with Gasteiger partial charge in [0.25, 0.3) is 5.91 Å². The lowest BCUT2D eigenvalue weighted by Crippen LogP contribution is -2.47. The molecule has 0 aliphatic carbocycles. The van der Waals surface area contributed by atoms with E-state index in [1.807, 2.05) is 20.0 Å². The molecule has 2 aromatic rings. The minimum Gasteiger partial charge on any atom is -0.368 e. The topological polar surface area (TPSA) is 52.6 Å². The fraction of sp³-hybridized carbons (Fsp3) is 0.500. The molecule has 1 aliphatic rings. The summed E-state index contributed by atoms with van der Waals surface area (Å²) in [5, 5.41) is 0. The van der Waals surface area contributed by atoms with Crippen molar-refractivity contribution in [1.29, 1.82) is 0 Å². The average Bonchev–Trinajstić information content (AvgIpc) is 2.71. The van der Waals surface area contributed by atoms with Gasteiger partial charge in [0, 0.05) is 51.5 Å².